The van der Waals surface area contributed by atoms with Crippen molar-refractivity contribution >= 4 is 11.8 Å². The van der Waals surface area contributed by atoms with E-state index in [9.17, 15) is 13.6 Å². The van der Waals surface area contributed by atoms with Crippen molar-refractivity contribution in [3.63, 3.8) is 0 Å². The third kappa shape index (κ3) is 4.83. The van der Waals surface area contributed by atoms with E-state index in [0.717, 1.165) is 6.07 Å². The summed E-state index contributed by atoms with van der Waals surface area (Å²) in [7, 11) is 0. The van der Waals surface area contributed by atoms with Gasteiger partial charge in [0.1, 0.15) is 17.2 Å². The minimum atomic E-state index is -0.772. The fourth-order valence-corrected chi connectivity index (χ4v) is 2.07. The quantitative estimate of drug-likeness (QED) is 0.728. The smallest absolute Gasteiger partial charge is 0.414 e. The van der Waals surface area contributed by atoms with E-state index >= 15 is 0 Å². The van der Waals surface area contributed by atoms with Crippen LogP contribution in [0.2, 0.25) is 0 Å². The molecule has 0 aliphatic rings. The molecule has 0 saturated heterocycles. The molecule has 1 aromatic rings. The van der Waals surface area contributed by atoms with Crippen molar-refractivity contribution in [3.05, 3.63) is 42.0 Å². The Bertz CT molecular complexity index is 550. The van der Waals surface area contributed by atoms with Gasteiger partial charge in [0.15, 0.2) is 0 Å². The monoisotopic (exact) mass is 311 g/mol. The number of carbonyl (C=O) groups excluding carboxylic acids is 1. The van der Waals surface area contributed by atoms with Crippen molar-refractivity contribution in [3.8, 4) is 0 Å². The highest BCUT2D eigenvalue weighted by molar-refractivity contribution is 5.89. The number of ether oxygens (including phenoxy) is 1. The van der Waals surface area contributed by atoms with Crippen LogP contribution in [0.4, 0.5) is 19.3 Å². The molecule has 3 nitrogen and oxygen atoms in total. The molecule has 1 rings (SSSR count). The van der Waals surface area contributed by atoms with Crippen LogP contribution in [0.5, 0.6) is 0 Å². The maximum Gasteiger partial charge on any atom is 0.414 e. The Kier molecular flexibility index (Phi) is 6.09. The van der Waals surface area contributed by atoms with E-state index in [1.54, 1.807) is 33.8 Å². The van der Waals surface area contributed by atoms with E-state index in [4.69, 9.17) is 4.74 Å². The zero-order chi connectivity index (χ0) is 16.9. The van der Waals surface area contributed by atoms with E-state index in [0.29, 0.717) is 18.4 Å². The highest BCUT2D eigenvalue weighted by Gasteiger charge is 2.26. The topological polar surface area (TPSA) is 29.5 Å². The molecule has 0 aromatic heterocycles. The minimum Gasteiger partial charge on any atom is -0.443 e. The maximum absolute atomic E-state index is 14.3. The third-order valence-corrected chi connectivity index (χ3v) is 2.92. The number of rotatable bonds is 5. The van der Waals surface area contributed by atoms with Gasteiger partial charge in [0.25, 0.3) is 0 Å². The largest absolute Gasteiger partial charge is 0.443 e. The van der Waals surface area contributed by atoms with Gasteiger partial charge in [-0.25, -0.2) is 13.6 Å². The van der Waals surface area contributed by atoms with Crippen LogP contribution in [-0.4, -0.2) is 18.2 Å². The number of benzene rings is 1. The Morgan fingerprint density at radius 1 is 1.36 bits per heavy atom. The number of nitrogens with zero attached hydrogens (tertiary/aromatic N) is 1. The molecule has 0 aliphatic carbocycles. The summed E-state index contributed by atoms with van der Waals surface area (Å²) in [6.07, 6.45) is 1.96. The van der Waals surface area contributed by atoms with Gasteiger partial charge in [-0.05, 0) is 52.2 Å². The molecule has 0 atom stereocenters. The SMILES string of the molecule is C=CCCc1cc(F)cc(F)c1N(CC)C(=O)OC(C)(C)C. The van der Waals surface area contributed by atoms with Crippen molar-refractivity contribution in [2.45, 2.75) is 46.1 Å². The molecule has 122 valence electrons. The molecule has 0 heterocycles. The second-order valence-corrected chi connectivity index (χ2v) is 5.95. The predicted molar refractivity (Wildman–Crippen MR) is 84.1 cm³/mol. The van der Waals surface area contributed by atoms with E-state index in [1.165, 1.54) is 11.0 Å². The minimum absolute atomic E-state index is 0.0694. The van der Waals surface area contributed by atoms with E-state index in [-0.39, 0.29) is 12.2 Å². The number of hydrogen-bond donors (Lipinski definition) is 0. The molecule has 0 saturated carbocycles. The number of carbonyl (C=O) groups is 1. The molecule has 0 N–H and O–H groups in total. The Labute approximate surface area is 130 Å². The standard InChI is InChI=1S/C17H23F2NO2/c1-6-8-9-12-10-13(18)11-14(19)15(12)20(7-2)16(21)22-17(3,4)5/h6,10-11H,1,7-9H2,2-5H3. The van der Waals surface area contributed by atoms with Crippen molar-refractivity contribution < 1.29 is 18.3 Å². The number of halogens is 2. The van der Waals surface area contributed by atoms with E-state index in [2.05, 4.69) is 6.58 Å². The van der Waals surface area contributed by atoms with E-state index < -0.39 is 23.3 Å². The first-order valence-electron chi connectivity index (χ1n) is 7.29. The maximum atomic E-state index is 14.3. The first kappa shape index (κ1) is 18.1. The van der Waals surface area contributed by atoms with Crippen LogP contribution < -0.4 is 4.90 Å². The fraction of sp³-hybridized carbons (Fsp3) is 0.471. The number of amides is 1. The summed E-state index contributed by atoms with van der Waals surface area (Å²) in [6.45, 7) is 10.7. The molecule has 0 fully saturated rings. The second-order valence-electron chi connectivity index (χ2n) is 5.95. The lowest BCUT2D eigenvalue weighted by atomic mass is 10.1. The highest BCUT2D eigenvalue weighted by atomic mass is 19.1. The van der Waals surface area contributed by atoms with Crippen LogP contribution in [-0.2, 0) is 11.2 Å². The van der Waals surface area contributed by atoms with Crippen LogP contribution in [0.15, 0.2) is 24.8 Å². The zero-order valence-electron chi connectivity index (χ0n) is 13.6. The average Bonchev–Trinajstić information content (AvgIpc) is 2.37. The molecular weight excluding hydrogens is 288 g/mol. The van der Waals surface area contributed by atoms with Crippen LogP contribution in [0.25, 0.3) is 0 Å². The van der Waals surface area contributed by atoms with Gasteiger partial charge in [-0.3, -0.25) is 4.90 Å². The summed E-state index contributed by atoms with van der Waals surface area (Å²) in [5, 5.41) is 0. The van der Waals surface area contributed by atoms with Crippen LogP contribution >= 0.6 is 0 Å². The summed E-state index contributed by atoms with van der Waals surface area (Å²) in [6, 6.07) is 2.02. The number of aryl methyl sites for hydroxylation is 1. The van der Waals surface area contributed by atoms with Crippen molar-refractivity contribution in [1.82, 2.24) is 0 Å². The lowest BCUT2D eigenvalue weighted by Crippen LogP contribution is -2.37. The zero-order valence-corrected chi connectivity index (χ0v) is 13.6. The molecule has 5 heteroatoms. The first-order valence-corrected chi connectivity index (χ1v) is 7.29. The van der Waals surface area contributed by atoms with Crippen LogP contribution in [0.1, 0.15) is 39.7 Å². The normalized spacial score (nSPS) is 11.2. The molecule has 0 aliphatic heterocycles. The number of hydrogen-bond acceptors (Lipinski definition) is 2. The number of anilines is 1. The summed E-state index contributed by atoms with van der Waals surface area (Å²) in [5.74, 6) is -1.44. The average molecular weight is 311 g/mol. The second kappa shape index (κ2) is 7.38. The Morgan fingerprint density at radius 2 is 2.00 bits per heavy atom. The van der Waals surface area contributed by atoms with Crippen molar-refractivity contribution in [2.24, 2.45) is 0 Å². The molecule has 0 radical (unpaired) electrons. The third-order valence-electron chi connectivity index (χ3n) is 2.92. The van der Waals surface area contributed by atoms with E-state index in [1.807, 2.05) is 0 Å². The highest BCUT2D eigenvalue weighted by Crippen LogP contribution is 2.28. The molecule has 1 amide bonds. The number of allylic oxidation sites excluding steroid dienone is 1. The Morgan fingerprint density at radius 3 is 2.50 bits per heavy atom. The molecule has 0 bridgehead atoms. The summed E-state index contributed by atoms with van der Waals surface area (Å²) < 4.78 is 33.0. The summed E-state index contributed by atoms with van der Waals surface area (Å²) in [5.41, 5.74) is -0.201. The van der Waals surface area contributed by atoms with Gasteiger partial charge < -0.3 is 4.74 Å². The predicted octanol–water partition coefficient (Wildman–Crippen LogP) is 4.84. The van der Waals surface area contributed by atoms with Crippen LogP contribution in [0, 0.1) is 11.6 Å². The lowest BCUT2D eigenvalue weighted by Gasteiger charge is -2.28. The van der Waals surface area contributed by atoms with Crippen molar-refractivity contribution in [2.75, 3.05) is 11.4 Å². The molecule has 0 unspecified atom stereocenters. The van der Waals surface area contributed by atoms with Gasteiger partial charge in [0.2, 0.25) is 0 Å². The Hall–Kier alpha value is -1.91. The molecule has 0 spiro atoms. The van der Waals surface area contributed by atoms with Crippen LogP contribution in [0.3, 0.4) is 0 Å². The first-order chi connectivity index (χ1) is 10.2. The summed E-state index contributed by atoms with van der Waals surface area (Å²) in [4.78, 5) is 13.5. The fourth-order valence-electron chi connectivity index (χ4n) is 2.07. The molecule has 22 heavy (non-hydrogen) atoms. The summed E-state index contributed by atoms with van der Waals surface area (Å²) >= 11 is 0. The lowest BCUT2D eigenvalue weighted by molar-refractivity contribution is 0.0580. The van der Waals surface area contributed by atoms with Crippen molar-refractivity contribution in [1.29, 1.82) is 0 Å². The van der Waals surface area contributed by atoms with Gasteiger partial charge in [-0.2, -0.15) is 0 Å². The van der Waals surface area contributed by atoms with Gasteiger partial charge >= 0.3 is 6.09 Å². The van der Waals surface area contributed by atoms with Gasteiger partial charge in [0, 0.05) is 12.6 Å². The van der Waals surface area contributed by atoms with Gasteiger partial charge in [0.05, 0.1) is 5.69 Å². The van der Waals surface area contributed by atoms with Gasteiger partial charge in [-0.1, -0.05) is 6.08 Å². The Balaban J connectivity index is 3.25. The molecular formula is C17H23F2NO2. The molecule has 1 aromatic carbocycles. The van der Waals surface area contributed by atoms with Gasteiger partial charge in [-0.15, -0.1) is 6.58 Å².